The number of hydrogen-bond acceptors (Lipinski definition) is 3. The molecule has 0 saturated carbocycles. The molecule has 0 spiro atoms. The summed E-state index contributed by atoms with van der Waals surface area (Å²) < 4.78 is 17.9. The van der Waals surface area contributed by atoms with E-state index in [1.165, 1.54) is 12.3 Å². The number of nitrogens with zero attached hydrogens (tertiary/aromatic N) is 1. The predicted molar refractivity (Wildman–Crippen MR) is 87.1 cm³/mol. The fraction of sp³-hybridized carbons (Fsp3) is 0.0667. The van der Waals surface area contributed by atoms with Gasteiger partial charge in [-0.25, -0.2) is 0 Å². The Labute approximate surface area is 133 Å². The SMILES string of the molecule is C=S(C)(=O)c1cc(C#N)ccc1Oc1cc(Cl)cc(Cl)c1. The molecule has 2 aromatic rings. The van der Waals surface area contributed by atoms with Gasteiger partial charge in [-0.15, -0.1) is 0 Å². The summed E-state index contributed by atoms with van der Waals surface area (Å²) in [7, 11) is -2.55. The van der Waals surface area contributed by atoms with E-state index in [0.717, 1.165) is 0 Å². The topological polar surface area (TPSA) is 50.1 Å². The lowest BCUT2D eigenvalue weighted by Gasteiger charge is -2.13. The van der Waals surface area contributed by atoms with Crippen molar-refractivity contribution < 1.29 is 8.95 Å². The smallest absolute Gasteiger partial charge is 0.143 e. The average molecular weight is 340 g/mol. The van der Waals surface area contributed by atoms with Crippen LogP contribution in [0.2, 0.25) is 10.0 Å². The van der Waals surface area contributed by atoms with Crippen LogP contribution >= 0.6 is 23.2 Å². The molecule has 0 aliphatic heterocycles. The van der Waals surface area contributed by atoms with E-state index in [1.54, 1.807) is 30.3 Å². The highest BCUT2D eigenvalue weighted by atomic mass is 35.5. The van der Waals surface area contributed by atoms with Crippen LogP contribution in [0.5, 0.6) is 11.5 Å². The zero-order chi connectivity index (χ0) is 15.6. The van der Waals surface area contributed by atoms with Gasteiger partial charge in [0.05, 0.1) is 16.5 Å². The summed E-state index contributed by atoms with van der Waals surface area (Å²) in [6.45, 7) is 0. The van der Waals surface area contributed by atoms with Gasteiger partial charge in [-0.1, -0.05) is 23.2 Å². The summed E-state index contributed by atoms with van der Waals surface area (Å²) in [6, 6.07) is 11.4. The second-order valence-corrected chi connectivity index (χ2v) is 7.81. The molecule has 0 radical (unpaired) electrons. The Morgan fingerprint density at radius 2 is 1.81 bits per heavy atom. The number of hydrogen-bond donors (Lipinski definition) is 0. The molecule has 1 atom stereocenters. The zero-order valence-electron chi connectivity index (χ0n) is 11.1. The fourth-order valence-corrected chi connectivity index (χ4v) is 3.13. The average Bonchev–Trinajstić information content (AvgIpc) is 2.36. The van der Waals surface area contributed by atoms with E-state index in [2.05, 4.69) is 5.87 Å². The summed E-state index contributed by atoms with van der Waals surface area (Å²) in [4.78, 5) is 0.373. The van der Waals surface area contributed by atoms with Crippen LogP contribution in [0.4, 0.5) is 0 Å². The molecule has 0 bridgehead atoms. The Hall–Kier alpha value is -1.67. The number of halogens is 2. The van der Waals surface area contributed by atoms with Gasteiger partial charge < -0.3 is 4.74 Å². The van der Waals surface area contributed by atoms with Crippen molar-refractivity contribution in [1.82, 2.24) is 0 Å². The van der Waals surface area contributed by atoms with Crippen molar-refractivity contribution in [2.24, 2.45) is 0 Å². The summed E-state index contributed by atoms with van der Waals surface area (Å²) in [5, 5.41) is 9.80. The van der Waals surface area contributed by atoms with Gasteiger partial charge in [0, 0.05) is 16.3 Å². The molecule has 108 valence electrons. The molecule has 1 unspecified atom stereocenters. The van der Waals surface area contributed by atoms with Gasteiger partial charge in [0.1, 0.15) is 11.5 Å². The first-order valence-corrected chi connectivity index (χ1v) is 8.69. The van der Waals surface area contributed by atoms with Gasteiger partial charge >= 0.3 is 0 Å². The zero-order valence-corrected chi connectivity index (χ0v) is 13.4. The van der Waals surface area contributed by atoms with E-state index in [9.17, 15) is 4.21 Å². The van der Waals surface area contributed by atoms with Crippen molar-refractivity contribution in [2.45, 2.75) is 4.90 Å². The van der Waals surface area contributed by atoms with Gasteiger partial charge in [-0.05, 0) is 51.8 Å². The molecule has 0 saturated heterocycles. The summed E-state index contributed by atoms with van der Waals surface area (Å²) in [5.74, 6) is 4.41. The van der Waals surface area contributed by atoms with Crippen molar-refractivity contribution in [2.75, 3.05) is 6.26 Å². The van der Waals surface area contributed by atoms with E-state index in [0.29, 0.717) is 32.0 Å². The number of rotatable bonds is 3. The van der Waals surface area contributed by atoms with Crippen molar-refractivity contribution in [3.05, 3.63) is 52.0 Å². The maximum Gasteiger partial charge on any atom is 0.143 e. The second-order valence-electron chi connectivity index (χ2n) is 4.49. The third-order valence-corrected chi connectivity index (χ3v) is 4.29. The molecule has 21 heavy (non-hydrogen) atoms. The molecule has 0 heterocycles. The first-order valence-electron chi connectivity index (χ1n) is 5.80. The molecule has 0 aliphatic carbocycles. The van der Waals surface area contributed by atoms with Crippen LogP contribution in [0.15, 0.2) is 41.3 Å². The predicted octanol–water partition coefficient (Wildman–Crippen LogP) is 4.36. The molecule has 6 heteroatoms. The highest BCUT2D eigenvalue weighted by Crippen LogP contribution is 2.32. The molecule has 0 aromatic heterocycles. The fourth-order valence-electron chi connectivity index (χ4n) is 1.71. The van der Waals surface area contributed by atoms with Crippen LogP contribution in [0.1, 0.15) is 5.56 Å². The monoisotopic (exact) mass is 339 g/mol. The molecule has 0 fully saturated rings. The first-order chi connectivity index (χ1) is 9.79. The molecule has 0 amide bonds. The van der Waals surface area contributed by atoms with Crippen LogP contribution in [-0.2, 0) is 9.52 Å². The van der Waals surface area contributed by atoms with Crippen molar-refractivity contribution >= 4 is 38.6 Å². The third-order valence-electron chi connectivity index (χ3n) is 2.60. The lowest BCUT2D eigenvalue weighted by Crippen LogP contribution is -2.01. The lowest BCUT2D eigenvalue weighted by atomic mass is 10.2. The summed E-state index contributed by atoms with van der Waals surface area (Å²) in [6.07, 6.45) is 1.49. The number of nitriles is 1. The largest absolute Gasteiger partial charge is 0.456 e. The lowest BCUT2D eigenvalue weighted by molar-refractivity contribution is 0.470. The minimum atomic E-state index is -2.55. The van der Waals surface area contributed by atoms with Gasteiger partial charge in [0.25, 0.3) is 0 Å². The summed E-state index contributed by atoms with van der Waals surface area (Å²) >= 11 is 11.8. The van der Waals surface area contributed by atoms with E-state index in [4.69, 9.17) is 33.2 Å². The van der Waals surface area contributed by atoms with Crippen LogP contribution < -0.4 is 4.74 Å². The minimum Gasteiger partial charge on any atom is -0.456 e. The Balaban J connectivity index is 2.52. The standard InChI is InChI=1S/C15H11Cl2NO2S/c1-21(2,19)15-5-10(9-18)3-4-14(15)20-13-7-11(16)6-12(17)8-13/h3-8H,1H2,2H3. The van der Waals surface area contributed by atoms with Crippen molar-refractivity contribution in [3.8, 4) is 17.6 Å². The Kier molecular flexibility index (Phi) is 4.48. The van der Waals surface area contributed by atoms with E-state index in [1.807, 2.05) is 6.07 Å². The second kappa shape index (κ2) is 5.98. The van der Waals surface area contributed by atoms with Crippen LogP contribution in [-0.4, -0.2) is 16.3 Å². The Bertz CT molecular complexity index is 819. The Morgan fingerprint density at radius 3 is 2.33 bits per heavy atom. The minimum absolute atomic E-state index is 0.356. The van der Waals surface area contributed by atoms with Crippen molar-refractivity contribution in [3.63, 3.8) is 0 Å². The maximum atomic E-state index is 12.2. The van der Waals surface area contributed by atoms with Crippen LogP contribution in [0.25, 0.3) is 0 Å². The molecule has 0 aliphatic rings. The highest BCUT2D eigenvalue weighted by molar-refractivity contribution is 7.99. The summed E-state index contributed by atoms with van der Waals surface area (Å²) in [5.41, 5.74) is 0.389. The van der Waals surface area contributed by atoms with Gasteiger partial charge in [0.15, 0.2) is 0 Å². The molecule has 2 rings (SSSR count). The quantitative estimate of drug-likeness (QED) is 0.780. The highest BCUT2D eigenvalue weighted by Gasteiger charge is 2.13. The first kappa shape index (κ1) is 15.7. The molecule has 0 N–H and O–H groups in total. The van der Waals surface area contributed by atoms with Gasteiger partial charge in [0.2, 0.25) is 0 Å². The van der Waals surface area contributed by atoms with Crippen molar-refractivity contribution in [1.29, 1.82) is 5.26 Å². The van der Waals surface area contributed by atoms with Gasteiger partial charge in [-0.2, -0.15) is 5.26 Å². The Morgan fingerprint density at radius 1 is 1.19 bits per heavy atom. The van der Waals surface area contributed by atoms with Gasteiger partial charge in [-0.3, -0.25) is 4.21 Å². The third kappa shape index (κ3) is 3.92. The van der Waals surface area contributed by atoms with E-state index in [-0.39, 0.29) is 0 Å². The van der Waals surface area contributed by atoms with Crippen LogP contribution in [0.3, 0.4) is 0 Å². The number of benzene rings is 2. The normalized spacial score (nSPS) is 13.2. The van der Waals surface area contributed by atoms with Crippen LogP contribution in [0, 0.1) is 11.3 Å². The molecular formula is C15H11Cl2NO2S. The maximum absolute atomic E-state index is 12.2. The van der Waals surface area contributed by atoms with E-state index < -0.39 is 9.52 Å². The molecule has 2 aromatic carbocycles. The molecule has 3 nitrogen and oxygen atoms in total. The molecular weight excluding hydrogens is 329 g/mol. The number of ether oxygens (including phenoxy) is 1. The van der Waals surface area contributed by atoms with E-state index >= 15 is 0 Å².